The number of amides is 1. The Kier molecular flexibility index (Phi) is 5.56. The van der Waals surface area contributed by atoms with Crippen LogP contribution >= 0.6 is 15.9 Å². The van der Waals surface area contributed by atoms with Gasteiger partial charge in [-0.25, -0.2) is 0 Å². The zero-order chi connectivity index (χ0) is 17.8. The number of para-hydroxylation sites is 1. The second kappa shape index (κ2) is 7.85. The molecule has 1 heterocycles. The Morgan fingerprint density at radius 2 is 1.92 bits per heavy atom. The second-order valence-electron chi connectivity index (χ2n) is 6.41. The molecule has 0 bridgehead atoms. The molecule has 4 nitrogen and oxygen atoms in total. The molecule has 2 N–H and O–H groups in total. The zero-order valence-electron chi connectivity index (χ0n) is 14.4. The zero-order valence-corrected chi connectivity index (χ0v) is 16.0. The van der Waals surface area contributed by atoms with E-state index in [1.165, 1.54) is 5.56 Å². The van der Waals surface area contributed by atoms with Gasteiger partial charge in [0.25, 0.3) is 5.91 Å². The fourth-order valence-corrected chi connectivity index (χ4v) is 3.13. The fraction of sp³-hybridized carbons (Fsp3) is 0.250. The molecule has 0 fully saturated rings. The van der Waals surface area contributed by atoms with E-state index in [-0.39, 0.29) is 11.9 Å². The summed E-state index contributed by atoms with van der Waals surface area (Å²) in [5.74, 6) is 0.794. The van der Waals surface area contributed by atoms with Crippen molar-refractivity contribution >= 4 is 32.8 Å². The Morgan fingerprint density at radius 1 is 1.20 bits per heavy atom. The van der Waals surface area contributed by atoms with Crippen molar-refractivity contribution in [2.24, 2.45) is 0 Å². The highest BCUT2D eigenvalue weighted by atomic mass is 79.9. The standard InChI is InChI=1S/C20H21BrN2O2/c1-14(19-11-16-5-3-4-6-18(16)25-19)22-20(24)13-23(2)12-15-7-9-17(21)10-8-15/h3-11,14H,12-13H2,1-2H3,(H,22,24)/p+1/t14-/m0/s1. The predicted octanol–water partition coefficient (Wildman–Crippen LogP) is 3.09. The van der Waals surface area contributed by atoms with Gasteiger partial charge in [-0.15, -0.1) is 0 Å². The molecule has 5 heteroatoms. The Balaban J connectivity index is 1.55. The first kappa shape index (κ1) is 17.7. The number of carbonyl (C=O) groups excluding carboxylic acids is 1. The summed E-state index contributed by atoms with van der Waals surface area (Å²) in [5.41, 5.74) is 2.05. The van der Waals surface area contributed by atoms with Crippen LogP contribution in [0.15, 0.2) is 63.5 Å². The number of carbonyl (C=O) groups is 1. The van der Waals surface area contributed by atoms with E-state index in [2.05, 4.69) is 33.4 Å². The summed E-state index contributed by atoms with van der Waals surface area (Å²) in [4.78, 5) is 13.5. The molecule has 0 aliphatic carbocycles. The highest BCUT2D eigenvalue weighted by Gasteiger charge is 2.17. The number of benzene rings is 2. The minimum absolute atomic E-state index is 0.0163. The molecule has 3 aromatic rings. The molecular formula is C20H22BrN2O2+. The van der Waals surface area contributed by atoms with E-state index in [1.807, 2.05) is 56.4 Å². The maximum atomic E-state index is 12.3. The van der Waals surface area contributed by atoms with Crippen molar-refractivity contribution in [2.75, 3.05) is 13.6 Å². The molecule has 1 aromatic heterocycles. The van der Waals surface area contributed by atoms with Gasteiger partial charge in [-0.1, -0.05) is 46.3 Å². The maximum absolute atomic E-state index is 12.3. The van der Waals surface area contributed by atoms with Crippen LogP contribution in [0.3, 0.4) is 0 Å². The van der Waals surface area contributed by atoms with Crippen LogP contribution in [0.25, 0.3) is 11.0 Å². The molecule has 0 spiro atoms. The van der Waals surface area contributed by atoms with Gasteiger partial charge in [0.1, 0.15) is 17.9 Å². The van der Waals surface area contributed by atoms with E-state index in [9.17, 15) is 4.79 Å². The molecule has 2 aromatic carbocycles. The molecule has 0 saturated carbocycles. The molecule has 0 aliphatic heterocycles. The van der Waals surface area contributed by atoms with E-state index in [0.717, 1.165) is 32.6 Å². The van der Waals surface area contributed by atoms with Crippen LogP contribution < -0.4 is 10.2 Å². The third-order valence-electron chi connectivity index (χ3n) is 4.13. The molecule has 130 valence electrons. The molecule has 1 unspecified atom stereocenters. The number of hydrogen-bond donors (Lipinski definition) is 2. The monoisotopic (exact) mass is 401 g/mol. The number of rotatable bonds is 6. The lowest BCUT2D eigenvalue weighted by atomic mass is 10.2. The van der Waals surface area contributed by atoms with Crippen molar-refractivity contribution in [3.63, 3.8) is 0 Å². The third kappa shape index (κ3) is 4.71. The Bertz CT molecular complexity index is 825. The minimum atomic E-state index is -0.152. The van der Waals surface area contributed by atoms with Gasteiger partial charge in [0, 0.05) is 15.4 Å². The Hall–Kier alpha value is -2.11. The average Bonchev–Trinajstić information content (AvgIpc) is 3.01. The number of likely N-dealkylation sites (N-methyl/N-ethyl adjacent to an activating group) is 1. The lowest BCUT2D eigenvalue weighted by Gasteiger charge is -2.16. The first-order valence-electron chi connectivity index (χ1n) is 8.35. The highest BCUT2D eigenvalue weighted by molar-refractivity contribution is 9.10. The van der Waals surface area contributed by atoms with Crippen LogP contribution in [-0.2, 0) is 11.3 Å². The van der Waals surface area contributed by atoms with Crippen LogP contribution in [0.1, 0.15) is 24.3 Å². The van der Waals surface area contributed by atoms with Crippen molar-refractivity contribution in [3.8, 4) is 0 Å². The van der Waals surface area contributed by atoms with E-state index < -0.39 is 0 Å². The van der Waals surface area contributed by atoms with Crippen LogP contribution in [0.5, 0.6) is 0 Å². The fourth-order valence-electron chi connectivity index (χ4n) is 2.87. The average molecular weight is 402 g/mol. The summed E-state index contributed by atoms with van der Waals surface area (Å²) in [6.45, 7) is 3.17. The Morgan fingerprint density at radius 3 is 2.64 bits per heavy atom. The van der Waals surface area contributed by atoms with Gasteiger partial charge in [-0.05, 0) is 31.2 Å². The summed E-state index contributed by atoms with van der Waals surface area (Å²) in [6, 6.07) is 17.9. The molecule has 1 amide bonds. The number of hydrogen-bond acceptors (Lipinski definition) is 2. The minimum Gasteiger partial charge on any atom is -0.459 e. The number of furan rings is 1. The van der Waals surface area contributed by atoms with Crippen molar-refractivity contribution in [1.29, 1.82) is 0 Å². The van der Waals surface area contributed by atoms with Gasteiger partial charge in [-0.3, -0.25) is 4.79 Å². The lowest BCUT2D eigenvalue weighted by molar-refractivity contribution is -0.885. The molecule has 0 saturated heterocycles. The summed E-state index contributed by atoms with van der Waals surface area (Å²) >= 11 is 3.43. The number of halogens is 1. The molecule has 25 heavy (non-hydrogen) atoms. The molecule has 3 rings (SSSR count). The van der Waals surface area contributed by atoms with Gasteiger partial charge in [0.15, 0.2) is 6.54 Å². The summed E-state index contributed by atoms with van der Waals surface area (Å²) in [6.07, 6.45) is 0. The van der Waals surface area contributed by atoms with Crippen LogP contribution in [0.4, 0.5) is 0 Å². The molecule has 0 aliphatic rings. The van der Waals surface area contributed by atoms with Gasteiger partial charge in [0.05, 0.1) is 13.1 Å². The van der Waals surface area contributed by atoms with Crippen LogP contribution in [0, 0.1) is 0 Å². The normalized spacial score (nSPS) is 13.6. The van der Waals surface area contributed by atoms with Gasteiger partial charge in [-0.2, -0.15) is 0 Å². The number of quaternary nitrogens is 1. The number of fused-ring (bicyclic) bond motifs is 1. The molecular weight excluding hydrogens is 380 g/mol. The van der Waals surface area contributed by atoms with E-state index in [4.69, 9.17) is 4.42 Å². The molecule has 2 atom stereocenters. The summed E-state index contributed by atoms with van der Waals surface area (Å²) in [5, 5.41) is 4.07. The van der Waals surface area contributed by atoms with Crippen molar-refractivity contribution in [1.82, 2.24) is 5.32 Å². The van der Waals surface area contributed by atoms with E-state index in [1.54, 1.807) is 0 Å². The third-order valence-corrected chi connectivity index (χ3v) is 4.66. The maximum Gasteiger partial charge on any atom is 0.275 e. The molecule has 0 radical (unpaired) electrons. The summed E-state index contributed by atoms with van der Waals surface area (Å²) in [7, 11) is 2.02. The van der Waals surface area contributed by atoms with Crippen molar-refractivity contribution in [3.05, 3.63) is 70.4 Å². The van der Waals surface area contributed by atoms with Crippen LogP contribution in [0.2, 0.25) is 0 Å². The van der Waals surface area contributed by atoms with Crippen LogP contribution in [-0.4, -0.2) is 19.5 Å². The smallest absolute Gasteiger partial charge is 0.275 e. The van der Waals surface area contributed by atoms with Gasteiger partial charge in [0.2, 0.25) is 0 Å². The quantitative estimate of drug-likeness (QED) is 0.666. The Labute approximate surface area is 155 Å². The topological polar surface area (TPSA) is 46.7 Å². The lowest BCUT2D eigenvalue weighted by Crippen LogP contribution is -3.08. The van der Waals surface area contributed by atoms with Gasteiger partial charge >= 0.3 is 0 Å². The largest absolute Gasteiger partial charge is 0.459 e. The first-order valence-corrected chi connectivity index (χ1v) is 9.14. The SMILES string of the molecule is C[C@H](NC(=O)C[NH+](C)Cc1ccc(Br)cc1)c1cc2ccccc2o1. The van der Waals surface area contributed by atoms with E-state index in [0.29, 0.717) is 6.54 Å². The van der Waals surface area contributed by atoms with Crippen molar-refractivity contribution in [2.45, 2.75) is 19.5 Å². The second-order valence-corrected chi connectivity index (χ2v) is 7.33. The highest BCUT2D eigenvalue weighted by Crippen LogP contribution is 2.23. The first-order chi connectivity index (χ1) is 12.0. The summed E-state index contributed by atoms with van der Waals surface area (Å²) < 4.78 is 6.88. The number of nitrogens with one attached hydrogen (secondary N) is 2. The van der Waals surface area contributed by atoms with Crippen molar-refractivity contribution < 1.29 is 14.1 Å². The predicted molar refractivity (Wildman–Crippen MR) is 102 cm³/mol. The van der Waals surface area contributed by atoms with E-state index >= 15 is 0 Å². The van der Waals surface area contributed by atoms with Gasteiger partial charge < -0.3 is 14.6 Å².